The van der Waals surface area contributed by atoms with Crippen molar-refractivity contribution in [3.63, 3.8) is 0 Å². The Morgan fingerprint density at radius 2 is 2.06 bits per heavy atom. The SMILES string of the molecule is Cc1cccc(CCC(N)COC(C)C)c1. The lowest BCUT2D eigenvalue weighted by molar-refractivity contribution is 0.0670. The van der Waals surface area contributed by atoms with E-state index in [9.17, 15) is 0 Å². The summed E-state index contributed by atoms with van der Waals surface area (Å²) in [5, 5.41) is 0. The van der Waals surface area contributed by atoms with Gasteiger partial charge in [-0.3, -0.25) is 0 Å². The van der Waals surface area contributed by atoms with Gasteiger partial charge in [0, 0.05) is 6.04 Å². The van der Waals surface area contributed by atoms with E-state index >= 15 is 0 Å². The van der Waals surface area contributed by atoms with Gasteiger partial charge in [0.05, 0.1) is 12.7 Å². The molecular weight excluding hydrogens is 198 g/mol. The molecule has 0 aliphatic heterocycles. The summed E-state index contributed by atoms with van der Waals surface area (Å²) < 4.78 is 5.49. The van der Waals surface area contributed by atoms with Crippen LogP contribution in [-0.2, 0) is 11.2 Å². The molecule has 0 radical (unpaired) electrons. The van der Waals surface area contributed by atoms with Crippen LogP contribution in [0.3, 0.4) is 0 Å². The molecule has 0 aliphatic rings. The first-order chi connectivity index (χ1) is 7.58. The molecule has 1 unspecified atom stereocenters. The largest absolute Gasteiger partial charge is 0.377 e. The summed E-state index contributed by atoms with van der Waals surface area (Å²) in [5.74, 6) is 0. The molecule has 1 rings (SSSR count). The lowest BCUT2D eigenvalue weighted by atomic mass is 10.0. The average Bonchev–Trinajstić information content (AvgIpc) is 2.23. The first kappa shape index (κ1) is 13.2. The van der Waals surface area contributed by atoms with Gasteiger partial charge in [-0.25, -0.2) is 0 Å². The average molecular weight is 221 g/mol. The van der Waals surface area contributed by atoms with Crippen LogP contribution >= 0.6 is 0 Å². The van der Waals surface area contributed by atoms with Crippen LogP contribution < -0.4 is 5.73 Å². The van der Waals surface area contributed by atoms with Crippen molar-refractivity contribution in [2.24, 2.45) is 5.73 Å². The number of rotatable bonds is 6. The number of hydrogen-bond acceptors (Lipinski definition) is 2. The Balaban J connectivity index is 2.28. The summed E-state index contributed by atoms with van der Waals surface area (Å²) in [6.45, 7) is 6.84. The molecule has 0 bridgehead atoms. The van der Waals surface area contributed by atoms with Crippen molar-refractivity contribution in [1.82, 2.24) is 0 Å². The highest BCUT2D eigenvalue weighted by Gasteiger charge is 2.04. The van der Waals surface area contributed by atoms with E-state index in [2.05, 4.69) is 31.2 Å². The molecule has 2 nitrogen and oxygen atoms in total. The molecule has 0 saturated carbocycles. The second-order valence-electron chi connectivity index (χ2n) is 4.67. The molecule has 90 valence electrons. The van der Waals surface area contributed by atoms with E-state index < -0.39 is 0 Å². The van der Waals surface area contributed by atoms with Gasteiger partial charge < -0.3 is 10.5 Å². The van der Waals surface area contributed by atoms with Gasteiger partial charge in [-0.1, -0.05) is 29.8 Å². The zero-order valence-electron chi connectivity index (χ0n) is 10.6. The van der Waals surface area contributed by atoms with Gasteiger partial charge in [0.25, 0.3) is 0 Å². The zero-order chi connectivity index (χ0) is 12.0. The molecule has 16 heavy (non-hydrogen) atoms. The molecule has 0 saturated heterocycles. The summed E-state index contributed by atoms with van der Waals surface area (Å²) in [7, 11) is 0. The topological polar surface area (TPSA) is 35.2 Å². The Labute approximate surface area is 98.8 Å². The van der Waals surface area contributed by atoms with Crippen LogP contribution in [0.25, 0.3) is 0 Å². The van der Waals surface area contributed by atoms with Crippen molar-refractivity contribution in [3.8, 4) is 0 Å². The van der Waals surface area contributed by atoms with Gasteiger partial charge in [-0.15, -0.1) is 0 Å². The molecule has 2 heteroatoms. The normalized spacial score (nSPS) is 13.1. The van der Waals surface area contributed by atoms with E-state index in [-0.39, 0.29) is 12.1 Å². The number of aryl methyl sites for hydroxylation is 2. The summed E-state index contributed by atoms with van der Waals surface area (Å²) in [5.41, 5.74) is 8.65. The molecule has 0 spiro atoms. The van der Waals surface area contributed by atoms with Crippen LogP contribution in [0.2, 0.25) is 0 Å². The van der Waals surface area contributed by atoms with Crippen molar-refractivity contribution in [2.75, 3.05) is 6.61 Å². The van der Waals surface area contributed by atoms with Crippen molar-refractivity contribution >= 4 is 0 Å². The molecule has 0 aliphatic carbocycles. The van der Waals surface area contributed by atoms with Gasteiger partial charge in [0.1, 0.15) is 0 Å². The minimum Gasteiger partial charge on any atom is -0.377 e. The fourth-order valence-electron chi connectivity index (χ4n) is 1.62. The smallest absolute Gasteiger partial charge is 0.0621 e. The zero-order valence-corrected chi connectivity index (χ0v) is 10.6. The summed E-state index contributed by atoms with van der Waals surface area (Å²) in [6, 6.07) is 8.73. The van der Waals surface area contributed by atoms with Crippen LogP contribution in [0.5, 0.6) is 0 Å². The number of ether oxygens (including phenoxy) is 1. The van der Waals surface area contributed by atoms with E-state index in [1.807, 2.05) is 13.8 Å². The quantitative estimate of drug-likeness (QED) is 0.801. The maximum Gasteiger partial charge on any atom is 0.0621 e. The van der Waals surface area contributed by atoms with E-state index in [0.29, 0.717) is 6.61 Å². The second-order valence-corrected chi connectivity index (χ2v) is 4.67. The maximum atomic E-state index is 5.98. The van der Waals surface area contributed by atoms with Crippen molar-refractivity contribution in [1.29, 1.82) is 0 Å². The highest BCUT2D eigenvalue weighted by atomic mass is 16.5. The minimum absolute atomic E-state index is 0.142. The Kier molecular flexibility index (Phi) is 5.50. The van der Waals surface area contributed by atoms with E-state index in [0.717, 1.165) is 12.8 Å². The van der Waals surface area contributed by atoms with Crippen molar-refractivity contribution in [2.45, 2.75) is 45.8 Å². The second kappa shape index (κ2) is 6.66. The molecule has 0 amide bonds. The fourth-order valence-corrected chi connectivity index (χ4v) is 1.62. The van der Waals surface area contributed by atoms with Gasteiger partial charge in [0.15, 0.2) is 0 Å². The molecule has 0 heterocycles. The third-order valence-corrected chi connectivity index (χ3v) is 2.53. The maximum absolute atomic E-state index is 5.98. The minimum atomic E-state index is 0.142. The Morgan fingerprint density at radius 3 is 2.69 bits per heavy atom. The molecule has 0 fully saturated rings. The van der Waals surface area contributed by atoms with Gasteiger partial charge in [-0.05, 0) is 39.2 Å². The molecule has 1 aromatic rings. The number of hydrogen-bond donors (Lipinski definition) is 1. The van der Waals surface area contributed by atoms with Crippen LogP contribution in [0.15, 0.2) is 24.3 Å². The number of nitrogens with two attached hydrogens (primary N) is 1. The third kappa shape index (κ3) is 5.29. The first-order valence-electron chi connectivity index (χ1n) is 6.00. The predicted molar refractivity (Wildman–Crippen MR) is 68.6 cm³/mol. The summed E-state index contributed by atoms with van der Waals surface area (Å²) in [6.07, 6.45) is 2.28. The van der Waals surface area contributed by atoms with E-state index in [1.165, 1.54) is 11.1 Å². The molecule has 1 aromatic carbocycles. The van der Waals surface area contributed by atoms with E-state index in [4.69, 9.17) is 10.5 Å². The Bertz CT molecular complexity index is 309. The van der Waals surface area contributed by atoms with E-state index in [1.54, 1.807) is 0 Å². The third-order valence-electron chi connectivity index (χ3n) is 2.53. The van der Waals surface area contributed by atoms with Gasteiger partial charge in [-0.2, -0.15) is 0 Å². The highest BCUT2D eigenvalue weighted by molar-refractivity contribution is 5.22. The molecule has 2 N–H and O–H groups in total. The lowest BCUT2D eigenvalue weighted by Gasteiger charge is -2.14. The first-order valence-corrected chi connectivity index (χ1v) is 6.00. The van der Waals surface area contributed by atoms with Crippen LogP contribution in [0.4, 0.5) is 0 Å². The Hall–Kier alpha value is -0.860. The van der Waals surface area contributed by atoms with Crippen molar-refractivity contribution in [3.05, 3.63) is 35.4 Å². The van der Waals surface area contributed by atoms with Crippen molar-refractivity contribution < 1.29 is 4.74 Å². The Morgan fingerprint density at radius 1 is 1.31 bits per heavy atom. The fraction of sp³-hybridized carbons (Fsp3) is 0.571. The predicted octanol–water partition coefficient (Wildman–Crippen LogP) is 2.68. The molecule has 1 atom stereocenters. The highest BCUT2D eigenvalue weighted by Crippen LogP contribution is 2.08. The van der Waals surface area contributed by atoms with Gasteiger partial charge in [0.2, 0.25) is 0 Å². The lowest BCUT2D eigenvalue weighted by Crippen LogP contribution is -2.28. The molecule has 0 aromatic heterocycles. The molecular formula is C14H23NO. The standard InChI is InChI=1S/C14H23NO/c1-11(2)16-10-14(15)8-7-13-6-4-5-12(3)9-13/h4-6,9,11,14H,7-8,10,15H2,1-3H3. The van der Waals surface area contributed by atoms with Crippen LogP contribution in [0.1, 0.15) is 31.4 Å². The monoisotopic (exact) mass is 221 g/mol. The summed E-state index contributed by atoms with van der Waals surface area (Å²) >= 11 is 0. The summed E-state index contributed by atoms with van der Waals surface area (Å²) in [4.78, 5) is 0. The van der Waals surface area contributed by atoms with Crippen LogP contribution in [0, 0.1) is 6.92 Å². The number of benzene rings is 1. The van der Waals surface area contributed by atoms with Gasteiger partial charge >= 0.3 is 0 Å². The van der Waals surface area contributed by atoms with Crippen LogP contribution in [-0.4, -0.2) is 18.8 Å².